The van der Waals surface area contributed by atoms with E-state index in [-0.39, 0.29) is 0 Å². The van der Waals surface area contributed by atoms with Gasteiger partial charge in [-0.15, -0.1) is 22.9 Å². The van der Waals surface area contributed by atoms with Crippen molar-refractivity contribution >= 4 is 34.1 Å². The molecule has 0 aliphatic carbocycles. The largest absolute Gasteiger partial charge is 0.312 e. The van der Waals surface area contributed by atoms with Crippen LogP contribution in [0.5, 0.6) is 0 Å². The Hall–Kier alpha value is -1.46. The number of aryl methyl sites for hydroxylation is 5. The van der Waals surface area contributed by atoms with Gasteiger partial charge in [0.15, 0.2) is 5.65 Å². The maximum absolute atomic E-state index is 5.90. The third-order valence-corrected chi connectivity index (χ3v) is 4.56. The first kappa shape index (κ1) is 14.5. The van der Waals surface area contributed by atoms with E-state index >= 15 is 0 Å². The number of fused-ring (bicyclic) bond motifs is 1. The average Bonchev–Trinajstić information content (AvgIpc) is 3.01. The first-order chi connectivity index (χ1) is 10.2. The fourth-order valence-corrected chi connectivity index (χ4v) is 3.31. The second kappa shape index (κ2) is 6.12. The van der Waals surface area contributed by atoms with Gasteiger partial charge in [0.25, 0.3) is 0 Å². The Balaban J connectivity index is 1.94. The average molecular weight is 321 g/mol. The van der Waals surface area contributed by atoms with Crippen molar-refractivity contribution in [2.24, 2.45) is 0 Å². The lowest BCUT2D eigenvalue weighted by Crippen LogP contribution is -2.08. The molecule has 0 amide bonds. The van der Waals surface area contributed by atoms with Crippen LogP contribution in [-0.4, -0.2) is 25.4 Å². The molecule has 6 heteroatoms. The van der Waals surface area contributed by atoms with E-state index in [9.17, 15) is 0 Å². The molecule has 0 aliphatic heterocycles. The smallest absolute Gasteiger partial charge is 0.160 e. The van der Waals surface area contributed by atoms with E-state index < -0.39 is 0 Å². The normalized spacial score (nSPS) is 11.4. The van der Waals surface area contributed by atoms with E-state index in [0.717, 1.165) is 52.8 Å². The molecule has 0 spiro atoms. The number of hydrogen-bond acceptors (Lipinski definition) is 4. The highest BCUT2D eigenvalue weighted by Crippen LogP contribution is 2.18. The Morgan fingerprint density at radius 1 is 1.10 bits per heavy atom. The zero-order chi connectivity index (χ0) is 14.8. The molecule has 0 aromatic carbocycles. The summed E-state index contributed by atoms with van der Waals surface area (Å²) in [5, 5.41) is 3.24. The summed E-state index contributed by atoms with van der Waals surface area (Å²) in [5.74, 6) is 1.57. The topological polar surface area (TPSA) is 43.6 Å². The van der Waals surface area contributed by atoms with Gasteiger partial charge in [-0.05, 0) is 26.0 Å². The Morgan fingerprint density at radius 3 is 2.67 bits per heavy atom. The van der Waals surface area contributed by atoms with Gasteiger partial charge in [0.2, 0.25) is 0 Å². The number of alkyl halides is 1. The van der Waals surface area contributed by atoms with Crippen LogP contribution in [0.1, 0.15) is 22.2 Å². The SMILES string of the molecule is Cc1csc(CCn2c(CCCl)nc3ccc(C)nc32)n1. The number of hydrogen-bond donors (Lipinski definition) is 0. The highest BCUT2D eigenvalue weighted by molar-refractivity contribution is 7.09. The van der Waals surface area contributed by atoms with E-state index in [0.29, 0.717) is 5.88 Å². The summed E-state index contributed by atoms with van der Waals surface area (Å²) < 4.78 is 2.18. The fraction of sp³-hybridized carbons (Fsp3) is 0.400. The zero-order valence-electron chi connectivity index (χ0n) is 12.1. The molecule has 3 aromatic heterocycles. The molecule has 0 atom stereocenters. The van der Waals surface area contributed by atoms with Crippen LogP contribution >= 0.6 is 22.9 Å². The monoisotopic (exact) mass is 320 g/mol. The van der Waals surface area contributed by atoms with Crippen LogP contribution in [-0.2, 0) is 19.4 Å². The zero-order valence-corrected chi connectivity index (χ0v) is 13.7. The van der Waals surface area contributed by atoms with Crippen molar-refractivity contribution in [2.45, 2.75) is 33.2 Å². The summed E-state index contributed by atoms with van der Waals surface area (Å²) in [7, 11) is 0. The summed E-state index contributed by atoms with van der Waals surface area (Å²) >= 11 is 7.61. The number of thiazole rings is 1. The van der Waals surface area contributed by atoms with Crippen molar-refractivity contribution in [1.82, 2.24) is 19.5 Å². The van der Waals surface area contributed by atoms with E-state index in [1.165, 1.54) is 0 Å². The second-order valence-electron chi connectivity index (χ2n) is 5.05. The highest BCUT2D eigenvalue weighted by Gasteiger charge is 2.12. The van der Waals surface area contributed by atoms with Crippen molar-refractivity contribution in [3.05, 3.63) is 39.7 Å². The van der Waals surface area contributed by atoms with E-state index in [4.69, 9.17) is 11.6 Å². The molecule has 4 nitrogen and oxygen atoms in total. The maximum atomic E-state index is 5.90. The Kier molecular flexibility index (Phi) is 4.22. The van der Waals surface area contributed by atoms with E-state index in [1.807, 2.05) is 26.0 Å². The molecule has 21 heavy (non-hydrogen) atoms. The summed E-state index contributed by atoms with van der Waals surface area (Å²) in [4.78, 5) is 13.8. The van der Waals surface area contributed by atoms with Gasteiger partial charge in [0.05, 0.1) is 5.01 Å². The Labute approximate surface area is 132 Å². The molecule has 0 bridgehead atoms. The maximum Gasteiger partial charge on any atom is 0.160 e. The van der Waals surface area contributed by atoms with E-state index in [1.54, 1.807) is 11.3 Å². The lowest BCUT2D eigenvalue weighted by molar-refractivity contribution is 0.666. The van der Waals surface area contributed by atoms with Gasteiger partial charge in [0, 0.05) is 42.0 Å². The summed E-state index contributed by atoms with van der Waals surface area (Å²) in [5.41, 5.74) is 3.98. The minimum Gasteiger partial charge on any atom is -0.312 e. The second-order valence-corrected chi connectivity index (χ2v) is 6.37. The minimum absolute atomic E-state index is 0.568. The molecule has 0 N–H and O–H groups in total. The molecule has 0 unspecified atom stereocenters. The number of halogens is 1. The van der Waals surface area contributed by atoms with Gasteiger partial charge < -0.3 is 4.57 Å². The number of imidazole rings is 1. The molecular formula is C15H17ClN4S. The van der Waals surface area contributed by atoms with E-state index in [2.05, 4.69) is 24.9 Å². The van der Waals surface area contributed by atoms with Crippen molar-refractivity contribution in [3.63, 3.8) is 0 Å². The van der Waals surface area contributed by atoms with Gasteiger partial charge in [-0.2, -0.15) is 0 Å². The van der Waals surface area contributed by atoms with Gasteiger partial charge in [0.1, 0.15) is 11.3 Å². The van der Waals surface area contributed by atoms with Gasteiger partial charge in [-0.3, -0.25) is 0 Å². The lowest BCUT2D eigenvalue weighted by atomic mass is 10.3. The third-order valence-electron chi connectivity index (χ3n) is 3.34. The first-order valence-corrected chi connectivity index (χ1v) is 8.38. The summed E-state index contributed by atoms with van der Waals surface area (Å²) in [6, 6.07) is 4.02. The lowest BCUT2D eigenvalue weighted by Gasteiger charge is -2.06. The Morgan fingerprint density at radius 2 is 1.95 bits per heavy atom. The van der Waals surface area contributed by atoms with Gasteiger partial charge in [-0.25, -0.2) is 15.0 Å². The number of aromatic nitrogens is 4. The summed E-state index contributed by atoms with van der Waals surface area (Å²) in [6.07, 6.45) is 1.66. The molecule has 0 saturated carbocycles. The number of nitrogens with zero attached hydrogens (tertiary/aromatic N) is 4. The molecule has 0 fully saturated rings. The summed E-state index contributed by atoms with van der Waals surface area (Å²) in [6.45, 7) is 4.87. The minimum atomic E-state index is 0.568. The first-order valence-electron chi connectivity index (χ1n) is 6.97. The van der Waals surface area contributed by atoms with Crippen LogP contribution in [0.3, 0.4) is 0 Å². The van der Waals surface area contributed by atoms with Crippen molar-refractivity contribution in [2.75, 3.05) is 5.88 Å². The molecule has 0 aliphatic rings. The molecule has 3 heterocycles. The van der Waals surface area contributed by atoms with Crippen LogP contribution in [0, 0.1) is 13.8 Å². The number of pyridine rings is 1. The quantitative estimate of drug-likeness (QED) is 0.675. The molecular weight excluding hydrogens is 304 g/mol. The van der Waals surface area contributed by atoms with Crippen LogP contribution in [0.2, 0.25) is 0 Å². The van der Waals surface area contributed by atoms with Crippen molar-refractivity contribution in [1.29, 1.82) is 0 Å². The van der Waals surface area contributed by atoms with Crippen LogP contribution < -0.4 is 0 Å². The van der Waals surface area contributed by atoms with Crippen LogP contribution in [0.4, 0.5) is 0 Å². The third kappa shape index (κ3) is 3.09. The molecule has 0 radical (unpaired) electrons. The molecule has 110 valence electrons. The number of rotatable bonds is 5. The van der Waals surface area contributed by atoms with Crippen LogP contribution in [0.25, 0.3) is 11.2 Å². The van der Waals surface area contributed by atoms with Crippen molar-refractivity contribution in [3.8, 4) is 0 Å². The highest BCUT2D eigenvalue weighted by atomic mass is 35.5. The standard InChI is InChI=1S/C15H17ClN4S/c1-10-3-4-12-15(18-10)20(13(19-12)5-7-16)8-6-14-17-11(2)9-21-14/h3-4,9H,5-8H2,1-2H3. The Bertz CT molecular complexity index is 762. The predicted molar refractivity (Wildman–Crippen MR) is 87.2 cm³/mol. The van der Waals surface area contributed by atoms with Crippen molar-refractivity contribution < 1.29 is 0 Å². The molecule has 3 aromatic rings. The van der Waals surface area contributed by atoms with Gasteiger partial charge >= 0.3 is 0 Å². The van der Waals surface area contributed by atoms with Gasteiger partial charge in [-0.1, -0.05) is 0 Å². The van der Waals surface area contributed by atoms with Crippen LogP contribution in [0.15, 0.2) is 17.5 Å². The fourth-order valence-electron chi connectivity index (χ4n) is 2.38. The molecule has 3 rings (SSSR count). The predicted octanol–water partition coefficient (Wildman–Crippen LogP) is 3.53. The molecule has 0 saturated heterocycles.